The molecule has 0 bridgehead atoms. The quantitative estimate of drug-likeness (QED) is 0.180. The molecule has 0 aliphatic carbocycles. The Hall–Kier alpha value is 0.890. The summed E-state index contributed by atoms with van der Waals surface area (Å²) in [5, 5.41) is 0. The fraction of sp³-hybridized carbons (Fsp3) is 0.600. The Balaban J connectivity index is 2.22. The van der Waals surface area contributed by atoms with E-state index in [0.29, 0.717) is 18.7 Å². The van der Waals surface area contributed by atoms with Crippen LogP contribution in [0.3, 0.4) is 0 Å². The van der Waals surface area contributed by atoms with Crippen molar-refractivity contribution in [3.8, 4) is 0 Å². The van der Waals surface area contributed by atoms with Gasteiger partial charge in [-0.2, -0.15) is 0 Å². The van der Waals surface area contributed by atoms with Gasteiger partial charge >= 0.3 is 5.97 Å². The summed E-state index contributed by atoms with van der Waals surface area (Å²) < 4.78 is 3.73. The maximum Gasteiger partial charge on any atom is 0.358 e. The van der Waals surface area contributed by atoms with E-state index in [4.69, 9.17) is 74.3 Å². The number of ketones is 1. The molecule has 0 amide bonds. The molecule has 0 saturated heterocycles. The average Bonchev–Trinajstić information content (AvgIpc) is 2.69. The zero-order chi connectivity index (χ0) is 19.7. The fourth-order valence-electron chi connectivity index (χ4n) is 2.97. The molecule has 2 rings (SSSR count). The summed E-state index contributed by atoms with van der Waals surface area (Å²) >= 11 is 36.0. The van der Waals surface area contributed by atoms with Crippen LogP contribution in [0.2, 0.25) is 0 Å². The lowest BCUT2D eigenvalue weighted by Gasteiger charge is -2.19. The molecule has 1 atom stereocenters. The second kappa shape index (κ2) is 9.14. The molecule has 4 nitrogen and oxygen atoms in total. The Labute approximate surface area is 194 Å². The number of nitrogens with zero attached hydrogens (tertiary/aromatic N) is 1. The van der Waals surface area contributed by atoms with E-state index in [0.717, 1.165) is 28.5 Å². The maximum absolute atomic E-state index is 12.5. The molecular formula is C15H14Cl6INO3. The Morgan fingerprint density at radius 2 is 1.81 bits per heavy atom. The van der Waals surface area contributed by atoms with Gasteiger partial charge in [-0.1, -0.05) is 76.0 Å². The number of carbonyl (C=O) groups is 2. The van der Waals surface area contributed by atoms with E-state index < -0.39 is 19.3 Å². The van der Waals surface area contributed by atoms with Crippen LogP contribution in [0.1, 0.15) is 47.8 Å². The van der Waals surface area contributed by atoms with Gasteiger partial charge in [-0.15, -0.1) is 0 Å². The van der Waals surface area contributed by atoms with Crippen LogP contribution in [0.15, 0.2) is 6.07 Å². The SMILES string of the molecule is O=C(OCC[C@H]1CCCCn2c(C(=O)C(Cl)(Cl)Cl)cc(I)c21)C(Cl)(Cl)Cl. The monoisotopic (exact) mass is 593 g/mol. The van der Waals surface area contributed by atoms with Gasteiger partial charge in [-0.25, -0.2) is 4.79 Å². The zero-order valence-corrected chi connectivity index (χ0v) is 19.9. The van der Waals surface area contributed by atoms with Crippen LogP contribution in [0.4, 0.5) is 0 Å². The number of carbonyl (C=O) groups excluding carboxylic acids is 2. The van der Waals surface area contributed by atoms with Gasteiger partial charge in [0.25, 0.3) is 7.59 Å². The third-order valence-corrected chi connectivity index (χ3v) is 5.92. The molecule has 0 radical (unpaired) electrons. The molecule has 0 unspecified atom stereocenters. The Morgan fingerprint density at radius 1 is 1.15 bits per heavy atom. The number of aromatic nitrogens is 1. The molecule has 1 aliphatic rings. The van der Waals surface area contributed by atoms with Gasteiger partial charge in [0.2, 0.25) is 5.78 Å². The molecular weight excluding hydrogens is 582 g/mol. The highest BCUT2D eigenvalue weighted by Gasteiger charge is 2.37. The van der Waals surface area contributed by atoms with Crippen LogP contribution in [0, 0.1) is 3.57 Å². The number of fused-ring (bicyclic) bond motifs is 1. The summed E-state index contributed by atoms with van der Waals surface area (Å²) in [5.41, 5.74) is 1.35. The summed E-state index contributed by atoms with van der Waals surface area (Å²) in [4.78, 5) is 24.0. The molecule has 0 N–H and O–H groups in total. The number of ether oxygens (including phenoxy) is 1. The molecule has 1 aromatic heterocycles. The highest BCUT2D eigenvalue weighted by Crippen LogP contribution is 2.38. The van der Waals surface area contributed by atoms with E-state index in [1.54, 1.807) is 6.07 Å². The standard InChI is InChI=1S/C15H14Cl6INO3/c16-14(17,18)12(24)10-7-9(22)11-8(3-1-2-5-23(10)11)4-6-26-13(25)15(19,20)21/h7-8H,1-6H2/t8-/m1/s1. The Kier molecular flexibility index (Phi) is 8.15. The summed E-state index contributed by atoms with van der Waals surface area (Å²) in [5.74, 6) is -1.40. The first-order valence-corrected chi connectivity index (χ1v) is 11.0. The lowest BCUT2D eigenvalue weighted by Crippen LogP contribution is -2.24. The van der Waals surface area contributed by atoms with Gasteiger partial charge < -0.3 is 9.30 Å². The van der Waals surface area contributed by atoms with Crippen molar-refractivity contribution in [2.45, 2.75) is 45.7 Å². The minimum Gasteiger partial charge on any atom is -0.463 e. The van der Waals surface area contributed by atoms with Gasteiger partial charge in [0.05, 0.1) is 12.3 Å². The molecule has 0 spiro atoms. The largest absolute Gasteiger partial charge is 0.463 e. The van der Waals surface area contributed by atoms with E-state index in [1.807, 2.05) is 4.57 Å². The minimum atomic E-state index is -2.10. The summed E-state index contributed by atoms with van der Waals surface area (Å²) in [6.45, 7) is 0.761. The van der Waals surface area contributed by atoms with Gasteiger partial charge in [0, 0.05) is 21.7 Å². The third kappa shape index (κ3) is 5.71. The number of hydrogen-bond donors (Lipinski definition) is 0. The topological polar surface area (TPSA) is 48.3 Å². The van der Waals surface area contributed by atoms with Crippen molar-refractivity contribution in [2.75, 3.05) is 6.61 Å². The summed E-state index contributed by atoms with van der Waals surface area (Å²) in [6.07, 6.45) is 3.27. The number of alkyl halides is 6. The van der Waals surface area contributed by atoms with Crippen molar-refractivity contribution >= 4 is 104 Å². The van der Waals surface area contributed by atoms with E-state index in [9.17, 15) is 9.59 Å². The molecule has 26 heavy (non-hydrogen) atoms. The maximum atomic E-state index is 12.5. The molecule has 2 heterocycles. The van der Waals surface area contributed by atoms with Gasteiger partial charge in [0.1, 0.15) is 0 Å². The predicted molar refractivity (Wildman–Crippen MR) is 114 cm³/mol. The molecule has 1 aliphatic heterocycles. The van der Waals surface area contributed by atoms with Gasteiger partial charge in [-0.3, -0.25) is 4.79 Å². The molecule has 1 aromatic rings. The van der Waals surface area contributed by atoms with Crippen molar-refractivity contribution in [1.82, 2.24) is 4.57 Å². The van der Waals surface area contributed by atoms with E-state index in [-0.39, 0.29) is 12.5 Å². The number of rotatable bonds is 4. The number of Topliss-reactive ketones (excluding diaryl/α,β-unsaturated/α-hetero) is 1. The van der Waals surface area contributed by atoms with Crippen molar-refractivity contribution in [1.29, 1.82) is 0 Å². The molecule has 11 heteroatoms. The first-order chi connectivity index (χ1) is 11.9. The van der Waals surface area contributed by atoms with Crippen molar-refractivity contribution in [2.24, 2.45) is 0 Å². The van der Waals surface area contributed by atoms with E-state index in [2.05, 4.69) is 22.6 Å². The second-order valence-corrected chi connectivity index (χ2v) is 11.6. The number of esters is 1. The Bertz CT molecular complexity index is 695. The fourth-order valence-corrected chi connectivity index (χ4v) is 4.46. The Morgan fingerprint density at radius 3 is 2.38 bits per heavy atom. The molecule has 0 aromatic carbocycles. The van der Waals surface area contributed by atoms with E-state index >= 15 is 0 Å². The minimum absolute atomic E-state index is 0.0736. The smallest absolute Gasteiger partial charge is 0.358 e. The van der Waals surface area contributed by atoms with E-state index in [1.165, 1.54) is 0 Å². The summed E-state index contributed by atoms with van der Waals surface area (Å²) in [6, 6.07) is 1.73. The third-order valence-electron chi connectivity index (χ3n) is 4.08. The number of halogens is 7. The van der Waals surface area contributed by atoms with Crippen molar-refractivity contribution in [3.05, 3.63) is 21.0 Å². The first kappa shape index (κ1) is 23.2. The van der Waals surface area contributed by atoms with Crippen LogP contribution >= 0.6 is 92.2 Å². The molecule has 0 saturated carbocycles. The van der Waals surface area contributed by atoms with Crippen molar-refractivity contribution in [3.63, 3.8) is 0 Å². The first-order valence-electron chi connectivity index (χ1n) is 7.67. The predicted octanol–water partition coefficient (Wildman–Crippen LogP) is 6.22. The second-order valence-electron chi connectivity index (χ2n) is 5.86. The van der Waals surface area contributed by atoms with Gasteiger partial charge in [-0.05, 0) is 47.9 Å². The highest BCUT2D eigenvalue weighted by atomic mass is 127. The lowest BCUT2D eigenvalue weighted by atomic mass is 9.96. The highest BCUT2D eigenvalue weighted by molar-refractivity contribution is 14.1. The molecule has 0 fully saturated rings. The normalized spacial score (nSPS) is 18.2. The zero-order valence-electron chi connectivity index (χ0n) is 13.2. The summed E-state index contributed by atoms with van der Waals surface area (Å²) in [7, 11) is 0. The van der Waals surface area contributed by atoms with Crippen LogP contribution in [0.25, 0.3) is 0 Å². The van der Waals surface area contributed by atoms with Gasteiger partial charge in [0.15, 0.2) is 0 Å². The van der Waals surface area contributed by atoms with Crippen LogP contribution in [-0.2, 0) is 16.1 Å². The van der Waals surface area contributed by atoms with Crippen LogP contribution < -0.4 is 0 Å². The molecule has 146 valence electrons. The lowest BCUT2D eigenvalue weighted by molar-refractivity contribution is -0.142. The van der Waals surface area contributed by atoms with Crippen molar-refractivity contribution < 1.29 is 14.3 Å². The van der Waals surface area contributed by atoms with Crippen LogP contribution in [0.5, 0.6) is 0 Å². The van der Waals surface area contributed by atoms with Crippen LogP contribution in [-0.4, -0.2) is 30.5 Å². The average molecular weight is 596 g/mol. The number of hydrogen-bond acceptors (Lipinski definition) is 3.